The summed E-state index contributed by atoms with van der Waals surface area (Å²) >= 11 is 0. The predicted octanol–water partition coefficient (Wildman–Crippen LogP) is 3.04. The zero-order chi connectivity index (χ0) is 16.3. The van der Waals surface area contributed by atoms with E-state index < -0.39 is 11.8 Å². The molecule has 2 aromatic rings. The van der Waals surface area contributed by atoms with Crippen LogP contribution in [0.25, 0.3) is 11.4 Å². The van der Waals surface area contributed by atoms with Crippen molar-refractivity contribution >= 4 is 5.91 Å². The van der Waals surface area contributed by atoms with Gasteiger partial charge in [-0.3, -0.25) is 4.79 Å². The van der Waals surface area contributed by atoms with Crippen LogP contribution in [0, 0.1) is 0 Å². The van der Waals surface area contributed by atoms with Crippen LogP contribution < -0.4 is 5.32 Å². The first-order valence-electron chi connectivity index (χ1n) is 6.52. The van der Waals surface area contributed by atoms with E-state index in [9.17, 15) is 13.6 Å². The van der Waals surface area contributed by atoms with Gasteiger partial charge in [-0.2, -0.15) is 13.8 Å². The van der Waals surface area contributed by atoms with Gasteiger partial charge in [0.15, 0.2) is 0 Å². The van der Waals surface area contributed by atoms with Gasteiger partial charge in [0.2, 0.25) is 11.7 Å². The number of halogens is 2. The molecule has 2 rings (SSSR count). The molecule has 0 saturated heterocycles. The molecule has 1 aromatic heterocycles. The van der Waals surface area contributed by atoms with Gasteiger partial charge in [0.25, 0.3) is 5.89 Å². The van der Waals surface area contributed by atoms with Crippen molar-refractivity contribution in [3.63, 3.8) is 0 Å². The summed E-state index contributed by atoms with van der Waals surface area (Å²) in [5.41, 5.74) is 1.83. The number of hydrogen-bond acceptors (Lipinski definition) is 4. The molecule has 0 bridgehead atoms. The van der Waals surface area contributed by atoms with Gasteiger partial charge in [0, 0.05) is 24.6 Å². The van der Waals surface area contributed by atoms with Crippen molar-refractivity contribution in [2.24, 2.45) is 0 Å². The highest BCUT2D eigenvalue weighted by molar-refractivity contribution is 5.92. The third kappa shape index (κ3) is 3.75. The Labute approximate surface area is 126 Å². The fourth-order valence-electron chi connectivity index (χ4n) is 1.62. The molecule has 7 heteroatoms. The van der Waals surface area contributed by atoms with Crippen molar-refractivity contribution < 1.29 is 18.1 Å². The maximum absolute atomic E-state index is 13.0. The summed E-state index contributed by atoms with van der Waals surface area (Å²) in [6.07, 6.45) is 0. The number of alkyl halides is 2. The van der Waals surface area contributed by atoms with Crippen LogP contribution in [0.4, 0.5) is 8.78 Å². The lowest BCUT2D eigenvalue weighted by molar-refractivity contribution is -0.117. The summed E-state index contributed by atoms with van der Waals surface area (Å²) in [6, 6.07) is 6.83. The maximum Gasteiger partial charge on any atom is 0.322 e. The predicted molar refractivity (Wildman–Crippen MR) is 76.0 cm³/mol. The van der Waals surface area contributed by atoms with Crippen LogP contribution in [-0.4, -0.2) is 16.0 Å². The van der Waals surface area contributed by atoms with Crippen LogP contribution in [0.3, 0.4) is 0 Å². The van der Waals surface area contributed by atoms with Gasteiger partial charge in [-0.1, -0.05) is 36.0 Å². The number of carbonyl (C=O) groups excluding carboxylic acids is 1. The van der Waals surface area contributed by atoms with Crippen molar-refractivity contribution in [2.45, 2.75) is 26.3 Å². The summed E-state index contributed by atoms with van der Waals surface area (Å²) in [5, 5.41) is 6.23. The van der Waals surface area contributed by atoms with Gasteiger partial charge in [-0.15, -0.1) is 0 Å². The zero-order valence-corrected chi connectivity index (χ0v) is 12.2. The first-order chi connectivity index (χ1) is 10.3. The molecule has 0 fully saturated rings. The lowest BCUT2D eigenvalue weighted by Gasteiger charge is -2.05. The van der Waals surface area contributed by atoms with Crippen LogP contribution in [0.1, 0.15) is 25.3 Å². The molecule has 0 aliphatic carbocycles. The monoisotopic (exact) mass is 307 g/mol. The molecule has 1 aromatic carbocycles. The zero-order valence-electron chi connectivity index (χ0n) is 12.2. The minimum Gasteiger partial charge on any atom is -0.348 e. The molecule has 0 spiro atoms. The fourth-order valence-corrected chi connectivity index (χ4v) is 1.62. The first-order valence-corrected chi connectivity index (χ1v) is 6.52. The Bertz CT molecular complexity index is 688. The fraction of sp³-hybridized carbons (Fsp3) is 0.267. The number of nitrogens with zero attached hydrogens (tertiary/aromatic N) is 2. The Kier molecular flexibility index (Phi) is 4.35. The number of carbonyl (C=O) groups is 1. The first kappa shape index (κ1) is 15.8. The summed E-state index contributed by atoms with van der Waals surface area (Å²) in [7, 11) is 0. The van der Waals surface area contributed by atoms with E-state index in [1.165, 1.54) is 0 Å². The summed E-state index contributed by atoms with van der Waals surface area (Å²) in [4.78, 5) is 15.1. The van der Waals surface area contributed by atoms with Crippen molar-refractivity contribution in [2.75, 3.05) is 0 Å². The highest BCUT2D eigenvalue weighted by Gasteiger charge is 2.32. The topological polar surface area (TPSA) is 68.0 Å². The Morgan fingerprint density at radius 1 is 1.36 bits per heavy atom. The molecular weight excluding hydrogens is 292 g/mol. The smallest absolute Gasteiger partial charge is 0.322 e. The number of rotatable bonds is 5. The maximum atomic E-state index is 13.0. The molecule has 1 amide bonds. The number of aromatic nitrogens is 2. The van der Waals surface area contributed by atoms with Crippen LogP contribution in [0.15, 0.2) is 40.9 Å². The van der Waals surface area contributed by atoms with Crippen molar-refractivity contribution in [1.82, 2.24) is 15.5 Å². The summed E-state index contributed by atoms with van der Waals surface area (Å²) < 4.78 is 30.6. The lowest BCUT2D eigenvalue weighted by atomic mass is 10.1. The van der Waals surface area contributed by atoms with E-state index in [0.717, 1.165) is 5.56 Å². The third-order valence-corrected chi connectivity index (χ3v) is 2.85. The molecule has 1 N–H and O–H groups in total. The van der Waals surface area contributed by atoms with Gasteiger partial charge in [0.05, 0.1) is 0 Å². The normalized spacial score (nSPS) is 11.3. The minimum atomic E-state index is -3.17. The quantitative estimate of drug-likeness (QED) is 0.862. The average Bonchev–Trinajstić information content (AvgIpc) is 2.95. The van der Waals surface area contributed by atoms with Crippen LogP contribution >= 0.6 is 0 Å². The van der Waals surface area contributed by atoms with E-state index in [2.05, 4.69) is 26.6 Å². The molecule has 0 aliphatic heterocycles. The van der Waals surface area contributed by atoms with Gasteiger partial charge in [-0.25, -0.2) is 0 Å². The Morgan fingerprint density at radius 2 is 2.00 bits per heavy atom. The van der Waals surface area contributed by atoms with Gasteiger partial charge < -0.3 is 9.84 Å². The standard InChI is InChI=1S/C15H15F2N3O2/c1-9(2)13(21)18-8-10-4-6-11(7-5-10)12-19-14(22-20-12)15(3,16)17/h4-7H,1,8H2,2-3H3,(H,18,21). The lowest BCUT2D eigenvalue weighted by Crippen LogP contribution is -2.22. The van der Waals surface area contributed by atoms with Gasteiger partial charge in [-0.05, 0) is 12.5 Å². The largest absolute Gasteiger partial charge is 0.348 e. The van der Waals surface area contributed by atoms with Crippen LogP contribution in [0.5, 0.6) is 0 Å². The van der Waals surface area contributed by atoms with E-state index in [1.807, 2.05) is 0 Å². The second kappa shape index (κ2) is 6.05. The minimum absolute atomic E-state index is 0.0917. The SMILES string of the molecule is C=C(C)C(=O)NCc1ccc(-c2noc(C(C)(F)F)n2)cc1. The third-order valence-electron chi connectivity index (χ3n) is 2.85. The Balaban J connectivity index is 2.07. The highest BCUT2D eigenvalue weighted by atomic mass is 19.3. The highest BCUT2D eigenvalue weighted by Crippen LogP contribution is 2.27. The summed E-state index contributed by atoms with van der Waals surface area (Å²) in [5.74, 6) is -4.02. The number of benzene rings is 1. The van der Waals surface area contributed by atoms with Gasteiger partial charge in [0.1, 0.15) is 0 Å². The van der Waals surface area contributed by atoms with E-state index in [0.29, 0.717) is 24.6 Å². The molecule has 0 saturated carbocycles. The van der Waals surface area contributed by atoms with Gasteiger partial charge >= 0.3 is 5.92 Å². The second-order valence-corrected chi connectivity index (χ2v) is 4.97. The molecule has 0 unspecified atom stereocenters. The summed E-state index contributed by atoms with van der Waals surface area (Å²) in [6.45, 7) is 6.20. The molecule has 22 heavy (non-hydrogen) atoms. The van der Waals surface area contributed by atoms with E-state index >= 15 is 0 Å². The van der Waals surface area contributed by atoms with Crippen molar-refractivity contribution in [3.05, 3.63) is 47.9 Å². The average molecular weight is 307 g/mol. The van der Waals surface area contributed by atoms with Crippen molar-refractivity contribution in [1.29, 1.82) is 0 Å². The number of amides is 1. The Hall–Kier alpha value is -2.57. The van der Waals surface area contributed by atoms with E-state index in [-0.39, 0.29) is 11.7 Å². The molecule has 0 atom stereocenters. The van der Waals surface area contributed by atoms with E-state index in [4.69, 9.17) is 0 Å². The molecular formula is C15H15F2N3O2. The number of hydrogen-bond donors (Lipinski definition) is 1. The molecule has 5 nitrogen and oxygen atoms in total. The Morgan fingerprint density at radius 3 is 2.50 bits per heavy atom. The number of nitrogens with one attached hydrogen (secondary N) is 1. The second-order valence-electron chi connectivity index (χ2n) is 4.97. The van der Waals surface area contributed by atoms with Crippen LogP contribution in [-0.2, 0) is 17.3 Å². The molecule has 1 heterocycles. The molecule has 0 radical (unpaired) electrons. The van der Waals surface area contributed by atoms with Crippen molar-refractivity contribution in [3.8, 4) is 11.4 Å². The van der Waals surface area contributed by atoms with E-state index in [1.54, 1.807) is 31.2 Å². The molecule has 116 valence electrons. The molecule has 0 aliphatic rings. The van der Waals surface area contributed by atoms with Crippen LogP contribution in [0.2, 0.25) is 0 Å².